The molecule has 0 saturated carbocycles. The van der Waals surface area contributed by atoms with Crippen LogP contribution in [0.2, 0.25) is 0 Å². The highest BCUT2D eigenvalue weighted by molar-refractivity contribution is 7.93. The molecule has 0 radical (unpaired) electrons. The minimum absolute atomic E-state index is 0.0214. The third kappa shape index (κ3) is 4.08. The maximum Gasteiger partial charge on any atom is 0.265 e. The zero-order chi connectivity index (χ0) is 22.2. The second kappa shape index (κ2) is 8.20. The smallest absolute Gasteiger partial charge is 0.265 e. The zero-order valence-corrected chi connectivity index (χ0v) is 18.8. The van der Waals surface area contributed by atoms with Gasteiger partial charge in [0.05, 0.1) is 23.4 Å². The molecule has 0 spiro atoms. The first-order valence-corrected chi connectivity index (χ1v) is 11.9. The number of methoxy groups -OCH3 is 1. The number of carbonyl (C=O) groups excluding carboxylic acids is 1. The van der Waals surface area contributed by atoms with Crippen molar-refractivity contribution in [1.29, 1.82) is 0 Å². The predicted molar refractivity (Wildman–Crippen MR) is 120 cm³/mol. The van der Waals surface area contributed by atoms with Crippen molar-refractivity contribution in [2.45, 2.75) is 18.7 Å². The average Bonchev–Trinajstić information content (AvgIpc) is 3.20. The number of nitrogens with zero attached hydrogens (tertiary/aromatic N) is 2. The molecule has 10 heteroatoms. The zero-order valence-electron chi connectivity index (χ0n) is 17.2. The molecule has 0 unspecified atom stereocenters. The first-order chi connectivity index (χ1) is 14.8. The molecule has 8 nitrogen and oxygen atoms in total. The molecule has 3 aromatic rings. The fourth-order valence-electron chi connectivity index (χ4n) is 3.38. The lowest BCUT2D eigenvalue weighted by molar-refractivity contribution is -0.121. The number of anilines is 2. The number of sulfonamides is 1. The largest absolute Gasteiger partial charge is 0.497 e. The lowest BCUT2D eigenvalue weighted by Gasteiger charge is -2.28. The van der Waals surface area contributed by atoms with E-state index in [2.05, 4.69) is 9.71 Å². The van der Waals surface area contributed by atoms with Crippen molar-refractivity contribution in [2.75, 3.05) is 29.9 Å². The maximum absolute atomic E-state index is 12.8. The quantitative estimate of drug-likeness (QED) is 0.604. The number of aryl methyl sites for hydroxylation is 1. The number of ether oxygens (including phenoxy) is 2. The van der Waals surface area contributed by atoms with Crippen LogP contribution in [-0.2, 0) is 14.8 Å². The number of rotatable bonds is 6. The van der Waals surface area contributed by atoms with Crippen molar-refractivity contribution in [1.82, 2.24) is 4.98 Å². The van der Waals surface area contributed by atoms with Gasteiger partial charge >= 0.3 is 0 Å². The molecule has 1 aromatic heterocycles. The van der Waals surface area contributed by atoms with E-state index in [1.807, 2.05) is 19.1 Å². The van der Waals surface area contributed by atoms with Gasteiger partial charge in [0.2, 0.25) is 0 Å². The van der Waals surface area contributed by atoms with Crippen molar-refractivity contribution >= 4 is 38.1 Å². The Morgan fingerprint density at radius 1 is 1.26 bits per heavy atom. The normalized spacial score (nSPS) is 13.5. The number of thiazole rings is 1. The highest BCUT2D eigenvalue weighted by Gasteiger charge is 2.25. The van der Waals surface area contributed by atoms with Gasteiger partial charge in [-0.05, 0) is 55.8 Å². The van der Waals surface area contributed by atoms with Gasteiger partial charge in [0.15, 0.2) is 11.7 Å². The van der Waals surface area contributed by atoms with Gasteiger partial charge < -0.3 is 14.4 Å². The van der Waals surface area contributed by atoms with Crippen molar-refractivity contribution in [3.63, 3.8) is 0 Å². The fourth-order valence-corrected chi connectivity index (χ4v) is 5.58. The molecule has 1 amide bonds. The van der Waals surface area contributed by atoms with Crippen LogP contribution in [0.3, 0.4) is 0 Å². The number of amides is 1. The summed E-state index contributed by atoms with van der Waals surface area (Å²) in [6.07, 6.45) is 0. The Morgan fingerprint density at radius 3 is 2.77 bits per heavy atom. The third-order valence-corrected chi connectivity index (χ3v) is 7.30. The minimum Gasteiger partial charge on any atom is -0.497 e. The molecule has 2 aromatic carbocycles. The van der Waals surface area contributed by atoms with E-state index in [0.29, 0.717) is 35.0 Å². The molecule has 1 aliphatic heterocycles. The molecule has 2 heterocycles. The molecule has 0 bridgehead atoms. The van der Waals surface area contributed by atoms with E-state index in [1.54, 1.807) is 35.4 Å². The van der Waals surface area contributed by atoms with Gasteiger partial charge in [0, 0.05) is 17.5 Å². The highest BCUT2D eigenvalue weighted by atomic mass is 32.2. The summed E-state index contributed by atoms with van der Waals surface area (Å²) >= 11 is 1.19. The number of fused-ring (bicyclic) bond motifs is 1. The molecule has 4 rings (SSSR count). The van der Waals surface area contributed by atoms with E-state index in [1.165, 1.54) is 24.5 Å². The van der Waals surface area contributed by atoms with Crippen molar-refractivity contribution in [2.24, 2.45) is 0 Å². The third-order valence-electron chi connectivity index (χ3n) is 4.91. The van der Waals surface area contributed by atoms with Crippen molar-refractivity contribution in [3.05, 3.63) is 47.3 Å². The molecule has 0 saturated heterocycles. The monoisotopic (exact) mass is 459 g/mol. The maximum atomic E-state index is 12.8. The van der Waals surface area contributed by atoms with Gasteiger partial charge in [-0.3, -0.25) is 9.52 Å². The summed E-state index contributed by atoms with van der Waals surface area (Å²) in [5, 5.41) is 2.02. The first-order valence-electron chi connectivity index (χ1n) is 9.53. The van der Waals surface area contributed by atoms with Crippen LogP contribution < -0.4 is 19.1 Å². The van der Waals surface area contributed by atoms with E-state index in [9.17, 15) is 13.2 Å². The van der Waals surface area contributed by atoms with Crippen LogP contribution in [0.5, 0.6) is 11.5 Å². The molecule has 162 valence electrons. The summed E-state index contributed by atoms with van der Waals surface area (Å²) in [7, 11) is -2.27. The first kappa shape index (κ1) is 21.1. The lowest BCUT2D eigenvalue weighted by Crippen LogP contribution is -2.38. The van der Waals surface area contributed by atoms with Gasteiger partial charge in [-0.1, -0.05) is 0 Å². The van der Waals surface area contributed by atoms with Gasteiger partial charge in [0.25, 0.3) is 15.9 Å². The van der Waals surface area contributed by atoms with Crippen molar-refractivity contribution < 1.29 is 22.7 Å². The average molecular weight is 460 g/mol. The van der Waals surface area contributed by atoms with Crippen LogP contribution in [0.1, 0.15) is 12.5 Å². The molecule has 31 heavy (non-hydrogen) atoms. The van der Waals surface area contributed by atoms with Crippen LogP contribution in [0.4, 0.5) is 10.8 Å². The van der Waals surface area contributed by atoms with E-state index in [4.69, 9.17) is 9.47 Å². The summed E-state index contributed by atoms with van der Waals surface area (Å²) in [5.41, 5.74) is 2.62. The molecule has 0 fully saturated rings. The van der Waals surface area contributed by atoms with Crippen molar-refractivity contribution in [3.8, 4) is 22.8 Å². The minimum atomic E-state index is -3.80. The Labute approximate surface area is 184 Å². The number of nitrogens with one attached hydrogen (secondary N) is 1. The summed E-state index contributed by atoms with van der Waals surface area (Å²) < 4.78 is 38.8. The van der Waals surface area contributed by atoms with Crippen LogP contribution in [0, 0.1) is 6.92 Å². The summed E-state index contributed by atoms with van der Waals surface area (Å²) in [6, 6.07) is 10.2. The van der Waals surface area contributed by atoms with E-state index >= 15 is 0 Å². The van der Waals surface area contributed by atoms with Gasteiger partial charge in [0.1, 0.15) is 11.5 Å². The molecular weight excluding hydrogens is 438 g/mol. The van der Waals surface area contributed by atoms with Crippen LogP contribution >= 0.6 is 11.3 Å². The topological polar surface area (TPSA) is 97.8 Å². The summed E-state index contributed by atoms with van der Waals surface area (Å²) in [4.78, 5) is 18.4. The summed E-state index contributed by atoms with van der Waals surface area (Å²) in [6.45, 7) is 4.16. The molecular formula is C21H21N3O5S2. The number of carbonyl (C=O) groups is 1. The van der Waals surface area contributed by atoms with Gasteiger partial charge in [-0.15, -0.1) is 11.3 Å². The number of hydrogen-bond donors (Lipinski definition) is 1. The van der Waals surface area contributed by atoms with Gasteiger partial charge in [-0.25, -0.2) is 13.4 Å². The Hall–Kier alpha value is -3.11. The fraction of sp³-hybridized carbons (Fsp3) is 0.238. The number of likely N-dealkylation sites (N-methyl/N-ethyl adjacent to an activating group) is 1. The molecule has 0 aliphatic carbocycles. The second-order valence-corrected chi connectivity index (χ2v) is 9.39. The Kier molecular flexibility index (Phi) is 5.59. The molecule has 1 aliphatic rings. The molecule has 0 atom stereocenters. The lowest BCUT2D eigenvalue weighted by atomic mass is 10.1. The standard InChI is InChI=1S/C21H21N3O5S2/c1-4-24-17-10-14(5-7-18(17)29-11-20(24)25)16-12-30-21(22-16)23-31(26,27)19-8-6-15(28-3)9-13(19)2/h5-10,12H,4,11H2,1-3H3,(H,22,23). The second-order valence-electron chi connectivity index (χ2n) is 6.88. The number of aromatic nitrogens is 1. The molecule has 1 N–H and O–H groups in total. The SMILES string of the molecule is CCN1C(=O)COc2ccc(-c3csc(NS(=O)(=O)c4ccc(OC)cc4C)n3)cc21. The van der Waals surface area contributed by atoms with Gasteiger partial charge in [-0.2, -0.15) is 0 Å². The highest BCUT2D eigenvalue weighted by Crippen LogP contribution is 2.37. The Balaban J connectivity index is 1.61. The Morgan fingerprint density at radius 2 is 2.06 bits per heavy atom. The van der Waals surface area contributed by atoms with Crippen LogP contribution in [0.25, 0.3) is 11.3 Å². The van der Waals surface area contributed by atoms with Crippen LogP contribution in [0.15, 0.2) is 46.7 Å². The van der Waals surface area contributed by atoms with E-state index in [0.717, 1.165) is 5.56 Å². The van der Waals surface area contributed by atoms with E-state index in [-0.39, 0.29) is 22.5 Å². The van der Waals surface area contributed by atoms with Crippen LogP contribution in [-0.4, -0.2) is 39.6 Å². The van der Waals surface area contributed by atoms with E-state index < -0.39 is 10.0 Å². The number of hydrogen-bond acceptors (Lipinski definition) is 7. The predicted octanol–water partition coefficient (Wildman–Crippen LogP) is 3.67. The number of benzene rings is 2. The summed E-state index contributed by atoms with van der Waals surface area (Å²) in [5.74, 6) is 1.12. The Bertz CT molecular complexity index is 1250.